The van der Waals surface area contributed by atoms with Crippen LogP contribution in [0.3, 0.4) is 0 Å². The molecule has 0 aromatic heterocycles. The second kappa shape index (κ2) is 6.34. The summed E-state index contributed by atoms with van der Waals surface area (Å²) in [6.45, 7) is 1.90. The Hall–Kier alpha value is -2.14. The number of anilines is 1. The molecule has 102 valence electrons. The number of halogens is 1. The van der Waals surface area contributed by atoms with Crippen molar-refractivity contribution < 1.29 is 9.90 Å². The zero-order valence-corrected chi connectivity index (χ0v) is 12.4. The molecule has 2 N–H and O–H groups in total. The van der Waals surface area contributed by atoms with E-state index >= 15 is 0 Å². The Morgan fingerprint density at radius 3 is 2.40 bits per heavy atom. The second-order valence-electron chi connectivity index (χ2n) is 4.17. The minimum Gasteiger partial charge on any atom is -0.478 e. The van der Waals surface area contributed by atoms with Gasteiger partial charge in [0.15, 0.2) is 0 Å². The van der Waals surface area contributed by atoms with Gasteiger partial charge in [-0.05, 0) is 37.3 Å². The van der Waals surface area contributed by atoms with Crippen LogP contribution in [0, 0.1) is 0 Å². The smallest absolute Gasteiger partial charge is 0.335 e. The van der Waals surface area contributed by atoms with Gasteiger partial charge >= 0.3 is 5.97 Å². The highest BCUT2D eigenvalue weighted by molar-refractivity contribution is 9.10. The van der Waals surface area contributed by atoms with Crippen molar-refractivity contribution in [3.05, 3.63) is 64.1 Å². The Morgan fingerprint density at radius 1 is 1.15 bits per heavy atom. The number of benzene rings is 2. The Balaban J connectivity index is 2.13. The van der Waals surface area contributed by atoms with Crippen molar-refractivity contribution >= 4 is 33.3 Å². The number of carboxylic acids is 1. The van der Waals surface area contributed by atoms with Crippen molar-refractivity contribution in [2.24, 2.45) is 5.10 Å². The van der Waals surface area contributed by atoms with Crippen LogP contribution in [0.1, 0.15) is 22.8 Å². The Bertz CT molecular complexity index is 651. The topological polar surface area (TPSA) is 61.7 Å². The van der Waals surface area contributed by atoms with Gasteiger partial charge in [0.2, 0.25) is 0 Å². The van der Waals surface area contributed by atoms with E-state index in [2.05, 4.69) is 26.5 Å². The molecule has 0 aliphatic rings. The molecule has 0 aliphatic heterocycles. The first kappa shape index (κ1) is 14.3. The molecule has 20 heavy (non-hydrogen) atoms. The van der Waals surface area contributed by atoms with Crippen molar-refractivity contribution in [3.63, 3.8) is 0 Å². The molecule has 0 spiro atoms. The van der Waals surface area contributed by atoms with Crippen LogP contribution in [0.5, 0.6) is 0 Å². The summed E-state index contributed by atoms with van der Waals surface area (Å²) in [6.07, 6.45) is 0. The number of aromatic carboxylic acids is 1. The maximum absolute atomic E-state index is 10.7. The third kappa shape index (κ3) is 3.45. The fraction of sp³-hybridized carbons (Fsp3) is 0.0667. The van der Waals surface area contributed by atoms with Crippen LogP contribution in [-0.2, 0) is 0 Å². The zero-order chi connectivity index (χ0) is 14.5. The lowest BCUT2D eigenvalue weighted by Gasteiger charge is -2.05. The monoisotopic (exact) mass is 332 g/mol. The lowest BCUT2D eigenvalue weighted by Crippen LogP contribution is -2.01. The average molecular weight is 333 g/mol. The second-order valence-corrected chi connectivity index (χ2v) is 5.03. The summed E-state index contributed by atoms with van der Waals surface area (Å²) >= 11 is 3.47. The van der Waals surface area contributed by atoms with Gasteiger partial charge in [-0.25, -0.2) is 4.79 Å². The number of hydrogen-bond donors (Lipinski definition) is 2. The molecule has 0 fully saturated rings. The molecule has 0 radical (unpaired) electrons. The molecule has 2 aromatic rings. The third-order valence-corrected chi connectivity index (χ3v) is 3.44. The predicted octanol–water partition coefficient (Wildman–Crippen LogP) is 3.98. The minimum atomic E-state index is -0.940. The molecule has 0 saturated heterocycles. The third-order valence-electron chi connectivity index (χ3n) is 2.75. The molecule has 0 amide bonds. The standard InChI is InChI=1S/C15H13BrN2O2/c1-10(13-4-2-3-5-14(13)16)17-18-12-8-6-11(7-9-12)15(19)20/h2-9,18H,1H3,(H,19,20)/b17-10-. The summed E-state index contributed by atoms with van der Waals surface area (Å²) in [4.78, 5) is 10.7. The number of hydrogen-bond acceptors (Lipinski definition) is 3. The lowest BCUT2D eigenvalue weighted by molar-refractivity contribution is 0.0697. The van der Waals surface area contributed by atoms with Gasteiger partial charge in [0.1, 0.15) is 0 Å². The number of hydrazone groups is 1. The van der Waals surface area contributed by atoms with E-state index in [9.17, 15) is 4.79 Å². The largest absolute Gasteiger partial charge is 0.478 e. The molecule has 0 atom stereocenters. The molecule has 5 heteroatoms. The van der Waals surface area contributed by atoms with Crippen LogP contribution in [0.15, 0.2) is 58.1 Å². The maximum Gasteiger partial charge on any atom is 0.335 e. The van der Waals surface area contributed by atoms with Crippen LogP contribution in [0.4, 0.5) is 5.69 Å². The van der Waals surface area contributed by atoms with Gasteiger partial charge in [0.05, 0.1) is 17.0 Å². The average Bonchev–Trinajstić information content (AvgIpc) is 2.45. The number of carboxylic acid groups (broad SMARTS) is 1. The molecule has 2 aromatic carbocycles. The normalized spacial score (nSPS) is 11.2. The highest BCUT2D eigenvalue weighted by Gasteiger charge is 2.03. The van der Waals surface area contributed by atoms with Gasteiger partial charge in [-0.3, -0.25) is 5.43 Å². The van der Waals surface area contributed by atoms with Crippen molar-refractivity contribution in [3.8, 4) is 0 Å². The van der Waals surface area contributed by atoms with E-state index in [0.717, 1.165) is 21.4 Å². The van der Waals surface area contributed by atoms with Gasteiger partial charge in [-0.1, -0.05) is 34.1 Å². The minimum absolute atomic E-state index is 0.252. The van der Waals surface area contributed by atoms with Gasteiger partial charge in [0.25, 0.3) is 0 Å². The number of rotatable bonds is 4. The van der Waals surface area contributed by atoms with Gasteiger partial charge < -0.3 is 5.11 Å². The maximum atomic E-state index is 10.7. The summed E-state index contributed by atoms with van der Waals surface area (Å²) in [5.74, 6) is -0.940. The molecular formula is C15H13BrN2O2. The molecule has 0 saturated carbocycles. The Labute approximate surface area is 125 Å². The quantitative estimate of drug-likeness (QED) is 0.657. The van der Waals surface area contributed by atoms with E-state index < -0.39 is 5.97 Å². The fourth-order valence-corrected chi connectivity index (χ4v) is 2.22. The van der Waals surface area contributed by atoms with Crippen molar-refractivity contribution in [1.82, 2.24) is 0 Å². The molecule has 0 heterocycles. The number of nitrogens with zero attached hydrogens (tertiary/aromatic N) is 1. The Morgan fingerprint density at radius 2 is 1.80 bits per heavy atom. The van der Waals surface area contributed by atoms with E-state index in [1.54, 1.807) is 12.1 Å². The highest BCUT2D eigenvalue weighted by atomic mass is 79.9. The first-order valence-electron chi connectivity index (χ1n) is 5.96. The van der Waals surface area contributed by atoms with Crippen LogP contribution in [0.25, 0.3) is 0 Å². The van der Waals surface area contributed by atoms with E-state index in [1.807, 2.05) is 31.2 Å². The molecule has 0 aliphatic carbocycles. The Kier molecular flexibility index (Phi) is 4.53. The SMILES string of the molecule is C/C(=N/Nc1ccc(C(=O)O)cc1)c1ccccc1Br. The van der Waals surface area contributed by atoms with Crippen molar-refractivity contribution in [2.75, 3.05) is 5.43 Å². The number of nitrogens with one attached hydrogen (secondary N) is 1. The van der Waals surface area contributed by atoms with Crippen LogP contribution in [-0.4, -0.2) is 16.8 Å². The first-order chi connectivity index (χ1) is 9.58. The van der Waals surface area contributed by atoms with Crippen LogP contribution < -0.4 is 5.43 Å². The molecule has 4 nitrogen and oxygen atoms in total. The summed E-state index contributed by atoms with van der Waals surface area (Å²) in [5, 5.41) is 13.1. The highest BCUT2D eigenvalue weighted by Crippen LogP contribution is 2.17. The van der Waals surface area contributed by atoms with E-state index in [4.69, 9.17) is 5.11 Å². The van der Waals surface area contributed by atoms with Crippen LogP contribution >= 0.6 is 15.9 Å². The van der Waals surface area contributed by atoms with E-state index in [1.165, 1.54) is 12.1 Å². The van der Waals surface area contributed by atoms with Gasteiger partial charge in [-0.2, -0.15) is 5.10 Å². The zero-order valence-electron chi connectivity index (χ0n) is 10.8. The molecular weight excluding hydrogens is 320 g/mol. The van der Waals surface area contributed by atoms with E-state index in [-0.39, 0.29) is 5.56 Å². The fourth-order valence-electron chi connectivity index (χ4n) is 1.65. The van der Waals surface area contributed by atoms with Crippen LogP contribution in [0.2, 0.25) is 0 Å². The van der Waals surface area contributed by atoms with E-state index in [0.29, 0.717) is 0 Å². The predicted molar refractivity (Wildman–Crippen MR) is 83.4 cm³/mol. The summed E-state index contributed by atoms with van der Waals surface area (Å²) in [7, 11) is 0. The molecule has 0 bridgehead atoms. The van der Waals surface area contributed by atoms with Crippen molar-refractivity contribution in [2.45, 2.75) is 6.92 Å². The summed E-state index contributed by atoms with van der Waals surface area (Å²) in [5.41, 5.74) is 5.73. The molecule has 0 unspecified atom stereocenters. The van der Waals surface area contributed by atoms with Crippen molar-refractivity contribution in [1.29, 1.82) is 0 Å². The summed E-state index contributed by atoms with van der Waals surface area (Å²) in [6, 6.07) is 14.2. The summed E-state index contributed by atoms with van der Waals surface area (Å²) < 4.78 is 0.976. The number of carbonyl (C=O) groups is 1. The first-order valence-corrected chi connectivity index (χ1v) is 6.76. The lowest BCUT2D eigenvalue weighted by atomic mass is 10.1. The van der Waals surface area contributed by atoms with Gasteiger partial charge in [0, 0.05) is 10.0 Å². The molecule has 2 rings (SSSR count). The van der Waals surface area contributed by atoms with Gasteiger partial charge in [-0.15, -0.1) is 0 Å².